The summed E-state index contributed by atoms with van der Waals surface area (Å²) in [6.45, 7) is 0.905. The van der Waals surface area contributed by atoms with E-state index in [4.69, 9.17) is 10.5 Å². The number of amides is 2. The van der Waals surface area contributed by atoms with Crippen LogP contribution >= 0.6 is 0 Å². The number of carbonyl (C=O) groups excluding carboxylic acids is 2. The molecule has 2 aromatic rings. The minimum Gasteiger partial charge on any atom is -0.495 e. The van der Waals surface area contributed by atoms with Crippen LogP contribution in [0.25, 0.3) is 0 Å². The molecule has 3 rings (SSSR count). The molecule has 1 aliphatic rings. The molecule has 2 aromatic carbocycles. The van der Waals surface area contributed by atoms with Crippen LogP contribution in [0.1, 0.15) is 33.6 Å². The van der Waals surface area contributed by atoms with Crippen LogP contribution in [0.4, 0.5) is 5.69 Å². The molecule has 1 heterocycles. The number of benzene rings is 2. The molecule has 0 aromatic heterocycles. The van der Waals surface area contributed by atoms with Crippen LogP contribution in [-0.2, 0) is 10.0 Å². The van der Waals surface area contributed by atoms with Gasteiger partial charge >= 0.3 is 0 Å². The van der Waals surface area contributed by atoms with Crippen LogP contribution in [0.15, 0.2) is 47.4 Å². The van der Waals surface area contributed by atoms with Crippen LogP contribution in [0.3, 0.4) is 0 Å². The molecule has 1 aliphatic heterocycles. The van der Waals surface area contributed by atoms with E-state index < -0.39 is 21.8 Å². The highest BCUT2D eigenvalue weighted by atomic mass is 32.2. The van der Waals surface area contributed by atoms with Gasteiger partial charge in [-0.05, 0) is 55.3 Å². The first-order valence-electron chi connectivity index (χ1n) is 8.72. The van der Waals surface area contributed by atoms with E-state index in [9.17, 15) is 18.0 Å². The number of nitrogens with zero attached hydrogens (tertiary/aromatic N) is 1. The molecular formula is C19H21N3O5S. The lowest BCUT2D eigenvalue weighted by Crippen LogP contribution is -2.28. The van der Waals surface area contributed by atoms with Gasteiger partial charge in [-0.3, -0.25) is 9.59 Å². The summed E-state index contributed by atoms with van der Waals surface area (Å²) in [6.07, 6.45) is 1.62. The van der Waals surface area contributed by atoms with Crippen molar-refractivity contribution in [1.29, 1.82) is 0 Å². The van der Waals surface area contributed by atoms with E-state index in [0.717, 1.165) is 12.8 Å². The zero-order valence-electron chi connectivity index (χ0n) is 15.3. The van der Waals surface area contributed by atoms with Gasteiger partial charge in [0.1, 0.15) is 10.6 Å². The summed E-state index contributed by atoms with van der Waals surface area (Å²) >= 11 is 0. The minimum absolute atomic E-state index is 0.0337. The van der Waals surface area contributed by atoms with Crippen molar-refractivity contribution in [1.82, 2.24) is 4.31 Å². The zero-order chi connectivity index (χ0) is 20.3. The number of anilines is 1. The third kappa shape index (κ3) is 4.00. The maximum absolute atomic E-state index is 12.9. The number of methoxy groups -OCH3 is 1. The van der Waals surface area contributed by atoms with Gasteiger partial charge in [0.15, 0.2) is 0 Å². The van der Waals surface area contributed by atoms with E-state index >= 15 is 0 Å². The smallest absolute Gasteiger partial charge is 0.255 e. The first-order valence-corrected chi connectivity index (χ1v) is 10.2. The fourth-order valence-corrected chi connectivity index (χ4v) is 4.71. The Morgan fingerprint density at radius 1 is 1.04 bits per heavy atom. The van der Waals surface area contributed by atoms with Gasteiger partial charge in [-0.2, -0.15) is 4.31 Å². The van der Waals surface area contributed by atoms with Crippen LogP contribution < -0.4 is 15.8 Å². The van der Waals surface area contributed by atoms with Crippen LogP contribution in [0, 0.1) is 0 Å². The van der Waals surface area contributed by atoms with Crippen molar-refractivity contribution in [2.75, 3.05) is 25.5 Å². The summed E-state index contributed by atoms with van der Waals surface area (Å²) in [5, 5.41) is 2.67. The van der Waals surface area contributed by atoms with E-state index in [0.29, 0.717) is 24.3 Å². The van der Waals surface area contributed by atoms with E-state index in [-0.39, 0.29) is 16.2 Å². The lowest BCUT2D eigenvalue weighted by atomic mass is 10.1. The Hall–Kier alpha value is -2.91. The van der Waals surface area contributed by atoms with E-state index in [1.165, 1.54) is 41.7 Å². The molecule has 9 heteroatoms. The van der Waals surface area contributed by atoms with E-state index in [2.05, 4.69) is 5.32 Å². The molecule has 2 amide bonds. The Morgan fingerprint density at radius 2 is 1.64 bits per heavy atom. The lowest BCUT2D eigenvalue weighted by Gasteiger charge is -2.18. The van der Waals surface area contributed by atoms with Crippen molar-refractivity contribution < 1.29 is 22.7 Å². The van der Waals surface area contributed by atoms with Crippen molar-refractivity contribution in [2.45, 2.75) is 17.7 Å². The summed E-state index contributed by atoms with van der Waals surface area (Å²) in [5.41, 5.74) is 6.15. The largest absolute Gasteiger partial charge is 0.495 e. The Morgan fingerprint density at radius 3 is 2.21 bits per heavy atom. The fraction of sp³-hybridized carbons (Fsp3) is 0.263. The lowest BCUT2D eigenvalue weighted by molar-refractivity contribution is 0.0998. The number of ether oxygens (including phenoxy) is 1. The third-order valence-electron chi connectivity index (χ3n) is 4.54. The van der Waals surface area contributed by atoms with E-state index in [1.54, 1.807) is 12.1 Å². The van der Waals surface area contributed by atoms with Crippen molar-refractivity contribution >= 4 is 27.5 Å². The summed E-state index contributed by atoms with van der Waals surface area (Å²) in [5.74, 6) is -0.855. The molecule has 0 aliphatic carbocycles. The summed E-state index contributed by atoms with van der Waals surface area (Å²) in [7, 11) is -2.36. The minimum atomic E-state index is -3.75. The molecule has 0 saturated carbocycles. The molecule has 3 N–H and O–H groups in total. The quantitative estimate of drug-likeness (QED) is 0.763. The number of hydrogen-bond acceptors (Lipinski definition) is 5. The Kier molecular flexibility index (Phi) is 5.66. The molecule has 0 spiro atoms. The van der Waals surface area contributed by atoms with Crippen molar-refractivity contribution in [3.63, 3.8) is 0 Å². The zero-order valence-corrected chi connectivity index (χ0v) is 16.2. The van der Waals surface area contributed by atoms with Crippen molar-refractivity contribution in [2.24, 2.45) is 5.73 Å². The van der Waals surface area contributed by atoms with Gasteiger partial charge in [0.25, 0.3) is 5.91 Å². The maximum atomic E-state index is 12.9. The van der Waals surface area contributed by atoms with Gasteiger partial charge in [-0.25, -0.2) is 8.42 Å². The first kappa shape index (κ1) is 19.8. The Bertz CT molecular complexity index is 997. The fourth-order valence-electron chi connectivity index (χ4n) is 3.01. The van der Waals surface area contributed by atoms with Gasteiger partial charge in [0.2, 0.25) is 15.9 Å². The molecule has 148 valence electrons. The second kappa shape index (κ2) is 7.99. The number of primary amides is 1. The van der Waals surface area contributed by atoms with E-state index in [1.807, 2.05) is 0 Å². The van der Waals surface area contributed by atoms with Crippen LogP contribution in [0.5, 0.6) is 5.75 Å². The molecular weight excluding hydrogens is 382 g/mol. The number of rotatable bonds is 6. The normalized spacial score (nSPS) is 14.6. The molecule has 0 radical (unpaired) electrons. The van der Waals surface area contributed by atoms with Gasteiger partial charge in [-0.15, -0.1) is 0 Å². The number of sulfonamides is 1. The SMILES string of the molecule is COc1ccc(C(=O)Nc2ccc(C(N)=O)cc2)cc1S(=O)(=O)N1CCCC1. The molecule has 1 fully saturated rings. The van der Waals surface area contributed by atoms with Crippen molar-refractivity contribution in [3.8, 4) is 5.75 Å². The average Bonchev–Trinajstić information content (AvgIpc) is 3.23. The molecule has 0 unspecified atom stereocenters. The number of nitrogens with one attached hydrogen (secondary N) is 1. The maximum Gasteiger partial charge on any atom is 0.255 e. The number of carbonyl (C=O) groups is 2. The molecule has 0 atom stereocenters. The standard InChI is InChI=1S/C19H21N3O5S/c1-27-16-9-6-14(12-17(16)28(25,26)22-10-2-3-11-22)19(24)21-15-7-4-13(5-8-15)18(20)23/h4-9,12H,2-3,10-11H2,1H3,(H2,20,23)(H,21,24). The average molecular weight is 403 g/mol. The summed E-state index contributed by atoms with van der Waals surface area (Å²) in [6, 6.07) is 10.4. The summed E-state index contributed by atoms with van der Waals surface area (Å²) < 4.78 is 32.4. The second-order valence-electron chi connectivity index (χ2n) is 6.37. The number of hydrogen-bond donors (Lipinski definition) is 2. The predicted molar refractivity (Wildman–Crippen MR) is 104 cm³/mol. The third-order valence-corrected chi connectivity index (χ3v) is 6.46. The first-order chi connectivity index (χ1) is 13.3. The van der Waals surface area contributed by atoms with Gasteiger partial charge < -0.3 is 15.8 Å². The predicted octanol–water partition coefficient (Wildman–Crippen LogP) is 1.83. The van der Waals surface area contributed by atoms with Gasteiger partial charge in [0, 0.05) is 29.9 Å². The molecule has 8 nitrogen and oxygen atoms in total. The Labute approximate surface area is 163 Å². The summed E-state index contributed by atoms with van der Waals surface area (Å²) in [4.78, 5) is 23.7. The van der Waals surface area contributed by atoms with Crippen molar-refractivity contribution in [3.05, 3.63) is 53.6 Å². The van der Waals surface area contributed by atoms with Crippen LogP contribution in [-0.4, -0.2) is 44.7 Å². The Balaban J connectivity index is 1.87. The number of nitrogens with two attached hydrogens (primary N) is 1. The van der Waals surface area contributed by atoms with Gasteiger partial charge in [-0.1, -0.05) is 0 Å². The highest BCUT2D eigenvalue weighted by Crippen LogP contribution is 2.30. The monoisotopic (exact) mass is 403 g/mol. The highest BCUT2D eigenvalue weighted by Gasteiger charge is 2.30. The molecule has 1 saturated heterocycles. The van der Waals surface area contributed by atoms with Crippen LogP contribution in [0.2, 0.25) is 0 Å². The molecule has 0 bridgehead atoms. The second-order valence-corrected chi connectivity index (χ2v) is 8.28. The van der Waals surface area contributed by atoms with Gasteiger partial charge in [0.05, 0.1) is 7.11 Å². The topological polar surface area (TPSA) is 119 Å². The molecule has 28 heavy (non-hydrogen) atoms. The highest BCUT2D eigenvalue weighted by molar-refractivity contribution is 7.89.